The van der Waals surface area contributed by atoms with E-state index in [0.29, 0.717) is 29.8 Å². The zero-order chi connectivity index (χ0) is 20.4. The van der Waals surface area contributed by atoms with Gasteiger partial charge in [0.05, 0.1) is 16.8 Å². The van der Waals surface area contributed by atoms with Crippen LogP contribution in [0.3, 0.4) is 0 Å². The molecule has 1 atom stereocenters. The number of anilines is 1. The SMILES string of the molecule is COCCC(C)NC(=O)c1ccc2c(c1)C(=O)N(c1cc(C)ccc1C)C2=O. The Hall–Kier alpha value is -2.99. The number of carbonyl (C=O) groups is 3. The highest BCUT2D eigenvalue weighted by Crippen LogP contribution is 2.31. The number of aryl methyl sites for hydroxylation is 2. The molecular weight excluding hydrogens is 356 g/mol. The van der Waals surface area contributed by atoms with E-state index >= 15 is 0 Å². The molecule has 1 aliphatic rings. The first-order valence-corrected chi connectivity index (χ1v) is 9.23. The molecule has 1 N–H and O–H groups in total. The van der Waals surface area contributed by atoms with Crippen molar-refractivity contribution >= 4 is 23.4 Å². The van der Waals surface area contributed by atoms with Crippen molar-refractivity contribution in [2.75, 3.05) is 18.6 Å². The predicted molar refractivity (Wildman–Crippen MR) is 107 cm³/mol. The first kappa shape index (κ1) is 19.8. The van der Waals surface area contributed by atoms with Gasteiger partial charge in [-0.2, -0.15) is 0 Å². The van der Waals surface area contributed by atoms with Gasteiger partial charge in [0, 0.05) is 25.3 Å². The van der Waals surface area contributed by atoms with Crippen molar-refractivity contribution in [3.8, 4) is 0 Å². The van der Waals surface area contributed by atoms with Gasteiger partial charge in [0.1, 0.15) is 0 Å². The second-order valence-corrected chi connectivity index (χ2v) is 7.15. The van der Waals surface area contributed by atoms with E-state index < -0.39 is 5.91 Å². The van der Waals surface area contributed by atoms with Crippen molar-refractivity contribution in [2.45, 2.75) is 33.2 Å². The lowest BCUT2D eigenvalue weighted by Crippen LogP contribution is -2.33. The molecule has 2 aromatic rings. The third-order valence-electron chi connectivity index (χ3n) is 4.89. The summed E-state index contributed by atoms with van der Waals surface area (Å²) >= 11 is 0. The number of fused-ring (bicyclic) bond motifs is 1. The van der Waals surface area contributed by atoms with E-state index in [2.05, 4.69) is 5.32 Å². The lowest BCUT2D eigenvalue weighted by atomic mass is 10.0. The van der Waals surface area contributed by atoms with Gasteiger partial charge in [-0.1, -0.05) is 12.1 Å². The molecule has 28 heavy (non-hydrogen) atoms. The molecule has 0 bridgehead atoms. The number of imide groups is 1. The smallest absolute Gasteiger partial charge is 0.266 e. The van der Waals surface area contributed by atoms with E-state index in [1.165, 1.54) is 11.0 Å². The number of hydrogen-bond acceptors (Lipinski definition) is 4. The van der Waals surface area contributed by atoms with Crippen molar-refractivity contribution in [2.24, 2.45) is 0 Å². The number of methoxy groups -OCH3 is 1. The minimum atomic E-state index is -0.407. The summed E-state index contributed by atoms with van der Waals surface area (Å²) in [5.41, 5.74) is 3.29. The standard InChI is InChI=1S/C22H24N2O4/c1-13-5-6-14(2)19(11-13)24-21(26)17-8-7-16(12-18(17)22(24)27)20(25)23-15(3)9-10-28-4/h5-8,11-12,15H,9-10H2,1-4H3,(H,23,25). The van der Waals surface area contributed by atoms with Crippen molar-refractivity contribution in [3.63, 3.8) is 0 Å². The molecule has 6 heteroatoms. The highest BCUT2D eigenvalue weighted by atomic mass is 16.5. The summed E-state index contributed by atoms with van der Waals surface area (Å²) in [6.07, 6.45) is 0.686. The summed E-state index contributed by atoms with van der Waals surface area (Å²) in [5.74, 6) is -1.05. The third-order valence-corrected chi connectivity index (χ3v) is 4.89. The van der Waals surface area contributed by atoms with E-state index in [1.54, 1.807) is 19.2 Å². The third kappa shape index (κ3) is 3.68. The monoisotopic (exact) mass is 380 g/mol. The highest BCUT2D eigenvalue weighted by Gasteiger charge is 2.37. The van der Waals surface area contributed by atoms with E-state index in [1.807, 2.05) is 39.0 Å². The molecule has 0 saturated heterocycles. The van der Waals surface area contributed by atoms with E-state index in [9.17, 15) is 14.4 Å². The molecule has 1 aliphatic heterocycles. The fraction of sp³-hybridized carbons (Fsp3) is 0.318. The van der Waals surface area contributed by atoms with Crippen molar-refractivity contribution in [1.29, 1.82) is 0 Å². The number of ether oxygens (including phenoxy) is 1. The van der Waals surface area contributed by atoms with E-state index in [-0.39, 0.29) is 23.4 Å². The van der Waals surface area contributed by atoms with Crippen LogP contribution in [0.15, 0.2) is 36.4 Å². The van der Waals surface area contributed by atoms with Crippen LogP contribution in [0.5, 0.6) is 0 Å². The van der Waals surface area contributed by atoms with Crippen LogP contribution in [0.25, 0.3) is 0 Å². The van der Waals surface area contributed by atoms with Gasteiger partial charge in [-0.25, -0.2) is 4.90 Å². The zero-order valence-corrected chi connectivity index (χ0v) is 16.5. The highest BCUT2D eigenvalue weighted by molar-refractivity contribution is 6.35. The molecule has 1 heterocycles. The summed E-state index contributed by atoms with van der Waals surface area (Å²) in [7, 11) is 1.61. The molecule has 0 fully saturated rings. The van der Waals surface area contributed by atoms with Gasteiger partial charge in [0.2, 0.25) is 0 Å². The van der Waals surface area contributed by atoms with Crippen LogP contribution in [0.1, 0.15) is 55.5 Å². The molecular formula is C22H24N2O4. The van der Waals surface area contributed by atoms with Gasteiger partial charge in [-0.15, -0.1) is 0 Å². The maximum absolute atomic E-state index is 13.0. The largest absolute Gasteiger partial charge is 0.385 e. The van der Waals surface area contributed by atoms with Gasteiger partial charge in [0.15, 0.2) is 0 Å². The molecule has 3 rings (SSSR count). The number of nitrogens with one attached hydrogen (secondary N) is 1. The van der Waals surface area contributed by atoms with Crippen molar-refractivity contribution in [1.82, 2.24) is 5.32 Å². The molecule has 0 radical (unpaired) electrons. The number of rotatable bonds is 6. The van der Waals surface area contributed by atoms with Crippen LogP contribution >= 0.6 is 0 Å². The first-order valence-electron chi connectivity index (χ1n) is 9.23. The van der Waals surface area contributed by atoms with Crippen LogP contribution < -0.4 is 10.2 Å². The quantitative estimate of drug-likeness (QED) is 0.781. The summed E-state index contributed by atoms with van der Waals surface area (Å²) in [4.78, 5) is 39.5. The number of nitrogens with zero attached hydrogens (tertiary/aromatic N) is 1. The van der Waals surface area contributed by atoms with Crippen molar-refractivity contribution in [3.05, 3.63) is 64.2 Å². The Bertz CT molecular complexity index is 952. The van der Waals surface area contributed by atoms with E-state index in [4.69, 9.17) is 4.74 Å². The number of hydrogen-bond donors (Lipinski definition) is 1. The van der Waals surface area contributed by atoms with Crippen LogP contribution in [-0.2, 0) is 4.74 Å². The minimum absolute atomic E-state index is 0.0653. The topological polar surface area (TPSA) is 75.7 Å². The fourth-order valence-corrected chi connectivity index (χ4v) is 3.24. The van der Waals surface area contributed by atoms with Gasteiger partial charge >= 0.3 is 0 Å². The zero-order valence-electron chi connectivity index (χ0n) is 16.5. The summed E-state index contributed by atoms with van der Waals surface area (Å²) in [6, 6.07) is 10.2. The Labute approximate surface area is 164 Å². The summed E-state index contributed by atoms with van der Waals surface area (Å²) < 4.78 is 5.02. The van der Waals surface area contributed by atoms with Gasteiger partial charge in [-0.05, 0) is 62.6 Å². The van der Waals surface area contributed by atoms with E-state index in [0.717, 1.165) is 11.1 Å². The average Bonchev–Trinajstić information content (AvgIpc) is 2.92. The molecule has 1 unspecified atom stereocenters. The Balaban J connectivity index is 1.88. The molecule has 0 aromatic heterocycles. The van der Waals surface area contributed by atoms with Crippen LogP contribution in [0, 0.1) is 13.8 Å². The second-order valence-electron chi connectivity index (χ2n) is 7.15. The van der Waals surface area contributed by atoms with Gasteiger partial charge < -0.3 is 10.1 Å². The lowest BCUT2D eigenvalue weighted by Gasteiger charge is -2.17. The predicted octanol–water partition coefficient (Wildman–Crippen LogP) is 3.26. The molecule has 6 nitrogen and oxygen atoms in total. The Morgan fingerprint density at radius 3 is 2.50 bits per heavy atom. The van der Waals surface area contributed by atoms with Crippen LogP contribution in [-0.4, -0.2) is 37.5 Å². The molecule has 3 amide bonds. The first-order chi connectivity index (χ1) is 13.3. The normalized spacial score (nSPS) is 14.2. The second kappa shape index (κ2) is 7.94. The molecule has 0 saturated carbocycles. The Morgan fingerprint density at radius 1 is 1.07 bits per heavy atom. The maximum Gasteiger partial charge on any atom is 0.266 e. The average molecular weight is 380 g/mol. The van der Waals surface area contributed by atoms with Crippen LogP contribution in [0.2, 0.25) is 0 Å². The lowest BCUT2D eigenvalue weighted by molar-refractivity contribution is 0.0918. The van der Waals surface area contributed by atoms with Gasteiger partial charge in [-0.3, -0.25) is 14.4 Å². The maximum atomic E-state index is 13.0. The molecule has 146 valence electrons. The van der Waals surface area contributed by atoms with Gasteiger partial charge in [0.25, 0.3) is 17.7 Å². The number of benzene rings is 2. The fourth-order valence-electron chi connectivity index (χ4n) is 3.24. The summed E-state index contributed by atoms with van der Waals surface area (Å²) in [6.45, 7) is 6.21. The summed E-state index contributed by atoms with van der Waals surface area (Å²) in [5, 5.41) is 2.88. The molecule has 0 spiro atoms. The Morgan fingerprint density at radius 2 is 1.79 bits per heavy atom. The molecule has 2 aromatic carbocycles. The van der Waals surface area contributed by atoms with Crippen LogP contribution in [0.4, 0.5) is 5.69 Å². The number of amides is 3. The van der Waals surface area contributed by atoms with Crippen molar-refractivity contribution < 1.29 is 19.1 Å². The molecule has 0 aliphatic carbocycles. The number of carbonyl (C=O) groups excluding carboxylic acids is 3. The minimum Gasteiger partial charge on any atom is -0.385 e. The Kier molecular flexibility index (Phi) is 5.61.